The molecule has 0 atom stereocenters. The maximum Gasteiger partial charge on any atom is 0.335 e. The molecule has 0 bridgehead atoms. The fraction of sp³-hybridized carbons (Fsp3) is 0.206. The summed E-state index contributed by atoms with van der Waals surface area (Å²) in [6.45, 7) is 4.88. The highest BCUT2D eigenvalue weighted by Crippen LogP contribution is 2.37. The molecule has 5 aromatic rings. The van der Waals surface area contributed by atoms with Crippen molar-refractivity contribution in [3.63, 3.8) is 0 Å². The molecule has 7 nitrogen and oxygen atoms in total. The first-order chi connectivity index (χ1) is 20.3. The van der Waals surface area contributed by atoms with E-state index in [1.165, 1.54) is 11.3 Å². The van der Waals surface area contributed by atoms with E-state index in [0.29, 0.717) is 16.0 Å². The zero-order valence-electron chi connectivity index (χ0n) is 23.4. The topological polar surface area (TPSA) is 106 Å². The number of phenols is 1. The van der Waals surface area contributed by atoms with Gasteiger partial charge in [0.05, 0.1) is 23.5 Å². The standard InChI is InChI=1S/C34H31NO6S/c1-3-5-15-35-28(21-9-11-22(12-10-21)34(39)40)17-23-13-14-24(18-29(23)35)32(38)30-19-26(20-31(37)41-4-2)33(42-30)25-7-6-8-27(36)16-25/h6-14,16-19,36H,3-5,15,20H2,1-2H3,(H,39,40). The molecule has 2 N–H and O–H groups in total. The lowest BCUT2D eigenvalue weighted by Crippen LogP contribution is -2.07. The zero-order valence-corrected chi connectivity index (χ0v) is 24.2. The van der Waals surface area contributed by atoms with Crippen molar-refractivity contribution in [3.8, 4) is 27.4 Å². The molecule has 0 fully saturated rings. The Morgan fingerprint density at radius 3 is 2.33 bits per heavy atom. The van der Waals surface area contributed by atoms with Gasteiger partial charge in [0.25, 0.3) is 0 Å². The number of benzene rings is 3. The maximum absolute atomic E-state index is 13.8. The summed E-state index contributed by atoms with van der Waals surface area (Å²) in [5.74, 6) is -1.41. The third kappa shape index (κ3) is 5.99. The molecule has 0 amide bonds. The number of aromatic hydroxyl groups is 1. The molecule has 2 aromatic heterocycles. The van der Waals surface area contributed by atoms with Crippen molar-refractivity contribution in [3.05, 3.63) is 100 Å². The first kappa shape index (κ1) is 28.8. The number of thiophene rings is 1. The molecule has 8 heteroatoms. The Bertz CT molecular complexity index is 1780. The number of esters is 1. The number of aromatic carboxylic acids is 1. The molecule has 42 heavy (non-hydrogen) atoms. The summed E-state index contributed by atoms with van der Waals surface area (Å²) in [6.07, 6.45) is 1.95. The lowest BCUT2D eigenvalue weighted by atomic mass is 10.0. The number of fused-ring (bicyclic) bond motifs is 1. The number of rotatable bonds is 11. The number of carbonyl (C=O) groups excluding carboxylic acids is 2. The second kappa shape index (κ2) is 12.4. The number of carbonyl (C=O) groups is 3. The lowest BCUT2D eigenvalue weighted by Gasteiger charge is -2.11. The SMILES string of the molecule is CCCCn1c(-c2ccc(C(=O)O)cc2)cc2ccc(C(=O)c3cc(CC(=O)OCC)c(-c4cccc(O)c4)s3)cc21. The maximum atomic E-state index is 13.8. The minimum Gasteiger partial charge on any atom is -0.508 e. The summed E-state index contributed by atoms with van der Waals surface area (Å²) < 4.78 is 7.35. The number of aryl methyl sites for hydroxylation is 1. The highest BCUT2D eigenvalue weighted by Gasteiger charge is 2.21. The first-order valence-corrected chi connectivity index (χ1v) is 14.7. The average Bonchev–Trinajstić information content (AvgIpc) is 3.57. The van der Waals surface area contributed by atoms with Gasteiger partial charge in [0, 0.05) is 33.6 Å². The fourth-order valence-electron chi connectivity index (χ4n) is 5.05. The number of hydrogen-bond donors (Lipinski definition) is 2. The van der Waals surface area contributed by atoms with E-state index in [9.17, 15) is 24.6 Å². The number of nitrogens with zero attached hydrogens (tertiary/aromatic N) is 1. The van der Waals surface area contributed by atoms with Crippen molar-refractivity contribution in [1.82, 2.24) is 4.57 Å². The Balaban J connectivity index is 1.56. The summed E-state index contributed by atoms with van der Waals surface area (Å²) in [7, 11) is 0. The second-order valence-corrected chi connectivity index (χ2v) is 11.1. The van der Waals surface area contributed by atoms with Crippen LogP contribution in [0.1, 0.15) is 57.8 Å². The fourth-order valence-corrected chi connectivity index (χ4v) is 6.19. The summed E-state index contributed by atoms with van der Waals surface area (Å²) >= 11 is 1.29. The summed E-state index contributed by atoms with van der Waals surface area (Å²) in [5, 5.41) is 20.3. The quantitative estimate of drug-likeness (QED) is 0.123. The largest absolute Gasteiger partial charge is 0.508 e. The molecule has 5 rings (SSSR count). The van der Waals surface area contributed by atoms with Crippen LogP contribution in [0.2, 0.25) is 0 Å². The number of unbranched alkanes of at least 4 members (excludes halogenated alkanes) is 1. The average molecular weight is 582 g/mol. The molecule has 0 spiro atoms. The Morgan fingerprint density at radius 1 is 0.881 bits per heavy atom. The van der Waals surface area contributed by atoms with Gasteiger partial charge in [0.2, 0.25) is 5.78 Å². The molecular weight excluding hydrogens is 550 g/mol. The molecule has 0 saturated heterocycles. The van der Waals surface area contributed by atoms with Crippen LogP contribution < -0.4 is 0 Å². The van der Waals surface area contributed by atoms with Gasteiger partial charge in [0.1, 0.15) is 5.75 Å². The smallest absolute Gasteiger partial charge is 0.335 e. The Kier molecular flexibility index (Phi) is 8.54. The van der Waals surface area contributed by atoms with Crippen molar-refractivity contribution in [2.24, 2.45) is 0 Å². The van der Waals surface area contributed by atoms with Gasteiger partial charge in [-0.2, -0.15) is 0 Å². The van der Waals surface area contributed by atoms with Crippen molar-refractivity contribution in [2.75, 3.05) is 6.61 Å². The van der Waals surface area contributed by atoms with E-state index >= 15 is 0 Å². The number of ether oxygens (including phenoxy) is 1. The molecule has 0 aliphatic rings. The predicted molar refractivity (Wildman–Crippen MR) is 164 cm³/mol. The van der Waals surface area contributed by atoms with Crippen molar-refractivity contribution in [1.29, 1.82) is 0 Å². The number of aromatic nitrogens is 1. The monoisotopic (exact) mass is 581 g/mol. The summed E-state index contributed by atoms with van der Waals surface area (Å²) in [5.41, 5.74) is 4.93. The molecule has 0 radical (unpaired) electrons. The van der Waals surface area contributed by atoms with Gasteiger partial charge in [-0.1, -0.05) is 49.7 Å². The zero-order chi connectivity index (χ0) is 29.8. The van der Waals surface area contributed by atoms with Gasteiger partial charge in [-0.15, -0.1) is 11.3 Å². The van der Waals surface area contributed by atoms with Crippen LogP contribution in [-0.4, -0.2) is 39.1 Å². The van der Waals surface area contributed by atoms with Crippen LogP contribution in [0, 0.1) is 0 Å². The van der Waals surface area contributed by atoms with Crippen molar-refractivity contribution in [2.45, 2.75) is 39.7 Å². The van der Waals surface area contributed by atoms with Crippen LogP contribution in [0.25, 0.3) is 32.6 Å². The number of carboxylic acid groups (broad SMARTS) is 1. The van der Waals surface area contributed by atoms with Gasteiger partial charge < -0.3 is 19.5 Å². The number of phenolic OH excluding ortho intramolecular Hbond substituents is 1. The molecule has 2 heterocycles. The molecular formula is C34H31NO6S. The van der Waals surface area contributed by atoms with E-state index in [2.05, 4.69) is 17.6 Å². The highest BCUT2D eigenvalue weighted by atomic mass is 32.1. The Hall–Kier alpha value is -4.69. The number of hydrogen-bond acceptors (Lipinski definition) is 6. The summed E-state index contributed by atoms with van der Waals surface area (Å²) in [6, 6.07) is 23.0. The molecule has 0 unspecified atom stereocenters. The van der Waals surface area contributed by atoms with Gasteiger partial charge in [-0.3, -0.25) is 9.59 Å². The first-order valence-electron chi connectivity index (χ1n) is 13.9. The Morgan fingerprint density at radius 2 is 1.64 bits per heavy atom. The molecule has 0 saturated carbocycles. The third-order valence-electron chi connectivity index (χ3n) is 7.11. The van der Waals surface area contributed by atoms with Crippen LogP contribution in [-0.2, 0) is 22.5 Å². The minimum absolute atomic E-state index is 0.0194. The lowest BCUT2D eigenvalue weighted by molar-refractivity contribution is -0.142. The molecule has 214 valence electrons. The van der Waals surface area contributed by atoms with Gasteiger partial charge >= 0.3 is 11.9 Å². The van der Waals surface area contributed by atoms with Crippen LogP contribution in [0.5, 0.6) is 5.75 Å². The normalized spacial score (nSPS) is 11.1. The van der Waals surface area contributed by atoms with Crippen LogP contribution in [0.15, 0.2) is 78.9 Å². The van der Waals surface area contributed by atoms with E-state index in [1.54, 1.807) is 43.3 Å². The minimum atomic E-state index is -0.970. The van der Waals surface area contributed by atoms with Crippen LogP contribution in [0.4, 0.5) is 0 Å². The number of ketones is 1. The van der Waals surface area contributed by atoms with E-state index in [-0.39, 0.29) is 36.1 Å². The Labute approximate surface area is 247 Å². The van der Waals surface area contributed by atoms with Crippen LogP contribution in [0.3, 0.4) is 0 Å². The van der Waals surface area contributed by atoms with Gasteiger partial charge in [-0.05, 0) is 72.5 Å². The number of carboxylic acids is 1. The molecule has 0 aliphatic heterocycles. The molecule has 3 aromatic carbocycles. The van der Waals surface area contributed by atoms with Crippen molar-refractivity contribution >= 4 is 40.0 Å². The molecule has 0 aliphatic carbocycles. The van der Waals surface area contributed by atoms with Gasteiger partial charge in [-0.25, -0.2) is 4.79 Å². The van der Waals surface area contributed by atoms with Crippen LogP contribution >= 0.6 is 11.3 Å². The van der Waals surface area contributed by atoms with E-state index in [4.69, 9.17) is 4.74 Å². The van der Waals surface area contributed by atoms with Crippen molar-refractivity contribution < 1.29 is 29.3 Å². The predicted octanol–water partition coefficient (Wildman–Crippen LogP) is 7.58. The van der Waals surface area contributed by atoms with E-state index < -0.39 is 5.97 Å². The highest BCUT2D eigenvalue weighted by molar-refractivity contribution is 7.17. The second-order valence-electron chi connectivity index (χ2n) is 10.0. The third-order valence-corrected chi connectivity index (χ3v) is 8.34. The van der Waals surface area contributed by atoms with E-state index in [0.717, 1.165) is 52.0 Å². The summed E-state index contributed by atoms with van der Waals surface area (Å²) in [4.78, 5) is 38.8. The van der Waals surface area contributed by atoms with E-state index in [1.807, 2.05) is 36.4 Å². The van der Waals surface area contributed by atoms with Gasteiger partial charge in [0.15, 0.2) is 0 Å².